The standard InChI is InChI=1S/C13H13N3O2/c14-8-3-1-7(2-4-8)13(18)11-9(15)5-6-10(17)12(11)16/h1-6,17H,14-16H2. The van der Waals surface area contributed by atoms with Gasteiger partial charge in [-0.3, -0.25) is 4.79 Å². The van der Waals surface area contributed by atoms with E-state index in [0.29, 0.717) is 11.3 Å². The number of benzene rings is 2. The van der Waals surface area contributed by atoms with E-state index in [1.807, 2.05) is 0 Å². The zero-order chi connectivity index (χ0) is 13.3. The first-order chi connectivity index (χ1) is 8.50. The molecule has 0 saturated heterocycles. The third-order valence-electron chi connectivity index (χ3n) is 2.65. The summed E-state index contributed by atoms with van der Waals surface area (Å²) in [5.74, 6) is -0.510. The van der Waals surface area contributed by atoms with Gasteiger partial charge >= 0.3 is 0 Å². The zero-order valence-corrected chi connectivity index (χ0v) is 9.55. The second kappa shape index (κ2) is 4.29. The van der Waals surface area contributed by atoms with Crippen LogP contribution in [0.2, 0.25) is 0 Å². The summed E-state index contributed by atoms with van der Waals surface area (Å²) >= 11 is 0. The summed E-state index contributed by atoms with van der Waals surface area (Å²) in [5, 5.41) is 9.51. The van der Waals surface area contributed by atoms with Gasteiger partial charge in [0, 0.05) is 16.9 Å². The average molecular weight is 243 g/mol. The number of anilines is 3. The molecule has 92 valence electrons. The smallest absolute Gasteiger partial charge is 0.197 e. The van der Waals surface area contributed by atoms with E-state index in [1.54, 1.807) is 24.3 Å². The fourth-order valence-electron chi connectivity index (χ4n) is 1.66. The summed E-state index contributed by atoms with van der Waals surface area (Å²) in [4.78, 5) is 12.2. The van der Waals surface area contributed by atoms with E-state index in [2.05, 4.69) is 0 Å². The summed E-state index contributed by atoms with van der Waals surface area (Å²) in [5.41, 5.74) is 18.2. The van der Waals surface area contributed by atoms with Crippen LogP contribution in [0.4, 0.5) is 17.1 Å². The van der Waals surface area contributed by atoms with Crippen molar-refractivity contribution in [3.05, 3.63) is 47.5 Å². The summed E-state index contributed by atoms with van der Waals surface area (Å²) in [6.07, 6.45) is 0. The third kappa shape index (κ3) is 1.93. The Hall–Kier alpha value is -2.69. The molecule has 5 heteroatoms. The number of rotatable bonds is 2. The van der Waals surface area contributed by atoms with Crippen molar-refractivity contribution in [1.82, 2.24) is 0 Å². The molecule has 18 heavy (non-hydrogen) atoms. The topological polar surface area (TPSA) is 115 Å². The minimum atomic E-state index is -0.346. The largest absolute Gasteiger partial charge is 0.506 e. The zero-order valence-electron chi connectivity index (χ0n) is 9.55. The predicted octanol–water partition coefficient (Wildman–Crippen LogP) is 1.37. The minimum Gasteiger partial charge on any atom is -0.506 e. The van der Waals surface area contributed by atoms with Gasteiger partial charge in [-0.05, 0) is 36.4 Å². The van der Waals surface area contributed by atoms with Crippen LogP contribution in [0.1, 0.15) is 15.9 Å². The number of nitrogen functional groups attached to an aromatic ring is 3. The number of carbonyl (C=O) groups is 1. The Morgan fingerprint density at radius 3 is 2.17 bits per heavy atom. The van der Waals surface area contributed by atoms with Gasteiger partial charge in [-0.15, -0.1) is 0 Å². The summed E-state index contributed by atoms with van der Waals surface area (Å²) in [6, 6.07) is 9.19. The molecule has 0 amide bonds. The van der Waals surface area contributed by atoms with E-state index in [1.165, 1.54) is 12.1 Å². The van der Waals surface area contributed by atoms with Gasteiger partial charge in [0.1, 0.15) is 5.75 Å². The minimum absolute atomic E-state index is 0.0168. The highest BCUT2D eigenvalue weighted by Gasteiger charge is 2.17. The molecule has 7 N–H and O–H groups in total. The number of carbonyl (C=O) groups excluding carboxylic acids is 1. The SMILES string of the molecule is Nc1ccc(C(=O)c2c(N)ccc(O)c2N)cc1. The Bertz CT molecular complexity index is 606. The van der Waals surface area contributed by atoms with Crippen molar-refractivity contribution in [1.29, 1.82) is 0 Å². The Labute approximate surface area is 104 Å². The van der Waals surface area contributed by atoms with E-state index in [-0.39, 0.29) is 28.5 Å². The molecule has 0 saturated carbocycles. The molecule has 2 aromatic carbocycles. The maximum absolute atomic E-state index is 12.2. The first-order valence-electron chi connectivity index (χ1n) is 5.28. The molecule has 0 aliphatic heterocycles. The molecule has 2 aromatic rings. The maximum atomic E-state index is 12.2. The van der Waals surface area contributed by atoms with Gasteiger partial charge in [0.15, 0.2) is 5.78 Å². The molecule has 0 aliphatic carbocycles. The van der Waals surface area contributed by atoms with E-state index in [9.17, 15) is 9.90 Å². The second-order valence-corrected chi connectivity index (χ2v) is 3.91. The van der Waals surface area contributed by atoms with Crippen molar-refractivity contribution in [3.8, 4) is 5.75 Å². The van der Waals surface area contributed by atoms with Crippen molar-refractivity contribution in [2.24, 2.45) is 0 Å². The highest BCUT2D eigenvalue weighted by atomic mass is 16.3. The number of ketones is 1. The Balaban J connectivity index is 2.52. The number of nitrogens with two attached hydrogens (primary N) is 3. The average Bonchev–Trinajstić information content (AvgIpc) is 2.35. The van der Waals surface area contributed by atoms with Crippen molar-refractivity contribution in [3.63, 3.8) is 0 Å². The summed E-state index contributed by atoms with van der Waals surface area (Å²) in [6.45, 7) is 0. The number of phenols is 1. The van der Waals surface area contributed by atoms with Gasteiger partial charge in [-0.2, -0.15) is 0 Å². The normalized spacial score (nSPS) is 10.2. The lowest BCUT2D eigenvalue weighted by Crippen LogP contribution is -2.09. The highest BCUT2D eigenvalue weighted by Crippen LogP contribution is 2.30. The Morgan fingerprint density at radius 2 is 1.56 bits per heavy atom. The van der Waals surface area contributed by atoms with Gasteiger partial charge in [0.05, 0.1) is 11.3 Å². The quantitative estimate of drug-likeness (QED) is 0.275. The van der Waals surface area contributed by atoms with Crippen LogP contribution in [-0.4, -0.2) is 10.9 Å². The van der Waals surface area contributed by atoms with Crippen molar-refractivity contribution < 1.29 is 9.90 Å². The molecule has 0 fully saturated rings. The molecule has 0 radical (unpaired) electrons. The monoisotopic (exact) mass is 243 g/mol. The lowest BCUT2D eigenvalue weighted by molar-refractivity contribution is 0.104. The lowest BCUT2D eigenvalue weighted by Gasteiger charge is -2.09. The first kappa shape index (κ1) is 11.8. The van der Waals surface area contributed by atoms with Crippen LogP contribution in [0, 0.1) is 0 Å². The van der Waals surface area contributed by atoms with Crippen LogP contribution >= 0.6 is 0 Å². The predicted molar refractivity (Wildman–Crippen MR) is 71.2 cm³/mol. The lowest BCUT2D eigenvalue weighted by atomic mass is 9.99. The number of hydrogen-bond donors (Lipinski definition) is 4. The molecule has 0 atom stereocenters. The van der Waals surface area contributed by atoms with E-state index in [4.69, 9.17) is 17.2 Å². The van der Waals surface area contributed by atoms with Gasteiger partial charge < -0.3 is 22.3 Å². The third-order valence-corrected chi connectivity index (χ3v) is 2.65. The molecular weight excluding hydrogens is 230 g/mol. The molecule has 0 aromatic heterocycles. The first-order valence-corrected chi connectivity index (χ1v) is 5.28. The van der Waals surface area contributed by atoms with Crippen LogP contribution in [0.5, 0.6) is 5.75 Å². The second-order valence-electron chi connectivity index (χ2n) is 3.91. The molecule has 5 nitrogen and oxygen atoms in total. The molecule has 0 heterocycles. The Kier molecular flexibility index (Phi) is 2.81. The van der Waals surface area contributed by atoms with Crippen molar-refractivity contribution >= 4 is 22.8 Å². The van der Waals surface area contributed by atoms with Crippen LogP contribution in [0.25, 0.3) is 0 Å². The number of hydrogen-bond acceptors (Lipinski definition) is 5. The Morgan fingerprint density at radius 1 is 0.944 bits per heavy atom. The van der Waals surface area contributed by atoms with Gasteiger partial charge in [0.25, 0.3) is 0 Å². The fraction of sp³-hybridized carbons (Fsp3) is 0. The van der Waals surface area contributed by atoms with Crippen LogP contribution in [0.15, 0.2) is 36.4 Å². The van der Waals surface area contributed by atoms with Gasteiger partial charge in [0.2, 0.25) is 0 Å². The summed E-state index contributed by atoms with van der Waals surface area (Å²) < 4.78 is 0. The van der Waals surface area contributed by atoms with Gasteiger partial charge in [-0.25, -0.2) is 0 Å². The highest BCUT2D eigenvalue weighted by molar-refractivity contribution is 6.16. The van der Waals surface area contributed by atoms with Crippen molar-refractivity contribution in [2.45, 2.75) is 0 Å². The molecule has 0 unspecified atom stereocenters. The molecule has 0 spiro atoms. The fourth-order valence-corrected chi connectivity index (χ4v) is 1.66. The molecule has 0 aliphatic rings. The van der Waals surface area contributed by atoms with Crippen LogP contribution in [0.3, 0.4) is 0 Å². The van der Waals surface area contributed by atoms with Crippen molar-refractivity contribution in [2.75, 3.05) is 17.2 Å². The molecule has 0 bridgehead atoms. The van der Waals surface area contributed by atoms with E-state index < -0.39 is 0 Å². The van der Waals surface area contributed by atoms with Crippen LogP contribution < -0.4 is 17.2 Å². The number of aromatic hydroxyl groups is 1. The number of phenolic OH excluding ortho intramolecular Hbond substituents is 1. The van der Waals surface area contributed by atoms with Gasteiger partial charge in [-0.1, -0.05) is 0 Å². The van der Waals surface area contributed by atoms with Crippen LogP contribution in [-0.2, 0) is 0 Å². The summed E-state index contributed by atoms with van der Waals surface area (Å²) in [7, 11) is 0. The molecule has 2 rings (SSSR count). The van der Waals surface area contributed by atoms with E-state index >= 15 is 0 Å². The maximum Gasteiger partial charge on any atom is 0.197 e. The van der Waals surface area contributed by atoms with E-state index in [0.717, 1.165) is 0 Å². The molecular formula is C13H13N3O2.